The van der Waals surface area contributed by atoms with Gasteiger partial charge in [-0.3, -0.25) is 14.5 Å². The van der Waals surface area contributed by atoms with Gasteiger partial charge >= 0.3 is 0 Å². The van der Waals surface area contributed by atoms with Crippen LogP contribution in [0.5, 0.6) is 0 Å². The largest absolute Gasteiger partial charge is 0.340 e. The van der Waals surface area contributed by atoms with Crippen molar-refractivity contribution >= 4 is 17.3 Å². The molecule has 1 aliphatic heterocycles. The summed E-state index contributed by atoms with van der Waals surface area (Å²) in [6, 6.07) is 0. The van der Waals surface area contributed by atoms with Crippen LogP contribution in [0.4, 0.5) is 0 Å². The highest BCUT2D eigenvalue weighted by Gasteiger charge is 2.35. The molecule has 0 spiro atoms. The molecule has 0 aromatic carbocycles. The minimum Gasteiger partial charge on any atom is -0.340 e. The molecule has 1 atom stereocenters. The minimum atomic E-state index is -0.248. The number of carbonyl (C=O) groups is 2. The van der Waals surface area contributed by atoms with Crippen molar-refractivity contribution < 1.29 is 14.2 Å². The van der Waals surface area contributed by atoms with Crippen LogP contribution in [-0.4, -0.2) is 71.1 Å². The molecule has 0 bridgehead atoms. The van der Waals surface area contributed by atoms with Gasteiger partial charge in [-0.2, -0.15) is 0 Å². The third kappa shape index (κ3) is 6.84. The second kappa shape index (κ2) is 11.7. The summed E-state index contributed by atoms with van der Waals surface area (Å²) in [6.07, 6.45) is 10.2. The maximum Gasteiger partial charge on any atom is 0.222 e. The van der Waals surface area contributed by atoms with E-state index in [1.807, 2.05) is 31.7 Å². The maximum absolute atomic E-state index is 12.6. The van der Waals surface area contributed by atoms with Gasteiger partial charge in [0.1, 0.15) is 11.4 Å². The van der Waals surface area contributed by atoms with Crippen molar-refractivity contribution in [3.05, 3.63) is 29.6 Å². The van der Waals surface area contributed by atoms with E-state index in [1.165, 1.54) is 0 Å². The first-order valence-electron chi connectivity index (χ1n) is 12.3. The quantitative estimate of drug-likeness (QED) is 0.403. The van der Waals surface area contributed by atoms with Crippen molar-refractivity contribution in [1.29, 1.82) is 0 Å². The second-order valence-electron chi connectivity index (χ2n) is 9.76. The third-order valence-electron chi connectivity index (χ3n) is 6.72. The summed E-state index contributed by atoms with van der Waals surface area (Å²) < 4.78 is 4.96. The predicted molar refractivity (Wildman–Crippen MR) is 128 cm³/mol. The van der Waals surface area contributed by atoms with Crippen LogP contribution < -0.4 is 5.32 Å². The number of allylic oxidation sites excluding steroid dienone is 2. The van der Waals surface area contributed by atoms with Gasteiger partial charge in [0.2, 0.25) is 5.91 Å². The monoisotopic (exact) mass is 457 g/mol. The summed E-state index contributed by atoms with van der Waals surface area (Å²) in [5.74, 6) is 0.465. The van der Waals surface area contributed by atoms with Gasteiger partial charge in [-0.15, -0.1) is 0 Å². The molecule has 1 aromatic heterocycles. The Balaban J connectivity index is 1.28. The molecule has 33 heavy (non-hydrogen) atoms. The molecule has 2 heterocycles. The second-order valence-corrected chi connectivity index (χ2v) is 9.76. The highest BCUT2D eigenvalue weighted by molar-refractivity contribution is 5.91. The summed E-state index contributed by atoms with van der Waals surface area (Å²) in [4.78, 5) is 28.5. The first-order chi connectivity index (χ1) is 15.8. The fourth-order valence-corrected chi connectivity index (χ4v) is 4.31. The SMILES string of the molecule is CC1=CCC(C)(NCCCCCC(=O)N2CCN(C/C=C/C(=O)C(C)C)CC2)c2nonc21. The number of hydrogen-bond acceptors (Lipinski definition) is 7. The smallest absolute Gasteiger partial charge is 0.222 e. The standard InChI is InChI=1S/C25H39N5O3/c1-19(2)21(31)9-8-14-29-15-17-30(18-16-29)22(32)10-6-5-7-13-26-25(4)12-11-20(3)23-24(25)28-33-27-23/h8-9,11,19,26H,5-7,10,12-18H2,1-4H3/b9-8+. The first-order valence-corrected chi connectivity index (χ1v) is 12.3. The van der Waals surface area contributed by atoms with Gasteiger partial charge in [-0.05, 0) is 56.5 Å². The molecular formula is C25H39N5O3. The van der Waals surface area contributed by atoms with Gasteiger partial charge in [0, 0.05) is 45.1 Å². The average Bonchev–Trinajstić information content (AvgIpc) is 3.31. The average molecular weight is 458 g/mol. The molecule has 0 saturated carbocycles. The lowest BCUT2D eigenvalue weighted by molar-refractivity contribution is -0.133. The van der Waals surface area contributed by atoms with E-state index in [2.05, 4.69) is 33.5 Å². The van der Waals surface area contributed by atoms with E-state index in [4.69, 9.17) is 4.63 Å². The topological polar surface area (TPSA) is 91.6 Å². The molecule has 1 aromatic rings. The Morgan fingerprint density at radius 3 is 2.67 bits per heavy atom. The van der Waals surface area contributed by atoms with E-state index in [-0.39, 0.29) is 23.1 Å². The van der Waals surface area contributed by atoms with Crippen LogP contribution in [0.2, 0.25) is 0 Å². The number of nitrogens with zero attached hydrogens (tertiary/aromatic N) is 4. The van der Waals surface area contributed by atoms with Gasteiger partial charge in [-0.1, -0.05) is 37.6 Å². The van der Waals surface area contributed by atoms with E-state index in [9.17, 15) is 9.59 Å². The van der Waals surface area contributed by atoms with Crippen LogP contribution in [0.3, 0.4) is 0 Å². The summed E-state index contributed by atoms with van der Waals surface area (Å²) in [7, 11) is 0. The number of nitrogens with one attached hydrogen (secondary N) is 1. The van der Waals surface area contributed by atoms with Crippen molar-refractivity contribution in [2.45, 2.75) is 65.3 Å². The highest BCUT2D eigenvalue weighted by Crippen LogP contribution is 2.34. The molecule has 1 amide bonds. The Morgan fingerprint density at radius 1 is 1.18 bits per heavy atom. The molecule has 2 aliphatic rings. The number of aromatic nitrogens is 2. The molecule has 1 saturated heterocycles. The van der Waals surface area contributed by atoms with Gasteiger partial charge in [-0.25, -0.2) is 4.63 Å². The summed E-state index contributed by atoms with van der Waals surface area (Å²) in [5.41, 5.74) is 2.60. The maximum atomic E-state index is 12.6. The molecule has 0 radical (unpaired) electrons. The van der Waals surface area contributed by atoms with E-state index in [0.717, 1.165) is 81.9 Å². The van der Waals surface area contributed by atoms with Gasteiger partial charge in [0.05, 0.1) is 5.54 Å². The molecule has 1 fully saturated rings. The van der Waals surface area contributed by atoms with Gasteiger partial charge in [0.25, 0.3) is 0 Å². The number of hydrogen-bond donors (Lipinski definition) is 1. The van der Waals surface area contributed by atoms with Gasteiger partial charge < -0.3 is 10.2 Å². The number of amides is 1. The van der Waals surface area contributed by atoms with Gasteiger partial charge in [0.15, 0.2) is 5.78 Å². The lowest BCUT2D eigenvalue weighted by Gasteiger charge is -2.34. The van der Waals surface area contributed by atoms with Crippen molar-refractivity contribution in [3.63, 3.8) is 0 Å². The zero-order chi connectivity index (χ0) is 23.8. The fourth-order valence-electron chi connectivity index (χ4n) is 4.31. The lowest BCUT2D eigenvalue weighted by Crippen LogP contribution is -2.48. The zero-order valence-electron chi connectivity index (χ0n) is 20.6. The van der Waals surface area contributed by atoms with Crippen molar-refractivity contribution in [3.8, 4) is 0 Å². The minimum absolute atomic E-state index is 0.0434. The summed E-state index contributed by atoms with van der Waals surface area (Å²) in [5, 5.41) is 11.8. The number of unbranched alkanes of at least 4 members (excludes halogenated alkanes) is 2. The molecule has 1 unspecified atom stereocenters. The Labute approximate surface area is 197 Å². The van der Waals surface area contributed by atoms with E-state index >= 15 is 0 Å². The molecule has 8 heteroatoms. The molecule has 1 aliphatic carbocycles. The number of fused-ring (bicyclic) bond motifs is 1. The number of carbonyl (C=O) groups excluding carboxylic acids is 2. The molecule has 3 rings (SSSR count). The Morgan fingerprint density at radius 2 is 1.94 bits per heavy atom. The Bertz CT molecular complexity index is 867. The van der Waals surface area contributed by atoms with Crippen LogP contribution in [-0.2, 0) is 15.1 Å². The summed E-state index contributed by atoms with van der Waals surface area (Å²) in [6.45, 7) is 12.9. The van der Waals surface area contributed by atoms with E-state index < -0.39 is 0 Å². The highest BCUT2D eigenvalue weighted by atomic mass is 16.6. The number of ketones is 1. The van der Waals surface area contributed by atoms with Crippen LogP contribution in [0.1, 0.15) is 71.2 Å². The first kappa shape index (κ1) is 25.3. The molecule has 8 nitrogen and oxygen atoms in total. The lowest BCUT2D eigenvalue weighted by atomic mass is 9.85. The van der Waals surface area contributed by atoms with Crippen LogP contribution in [0.15, 0.2) is 22.9 Å². The fraction of sp³-hybridized carbons (Fsp3) is 0.680. The van der Waals surface area contributed by atoms with Crippen molar-refractivity contribution in [2.24, 2.45) is 5.92 Å². The van der Waals surface area contributed by atoms with Crippen molar-refractivity contribution in [2.75, 3.05) is 39.3 Å². The van der Waals surface area contributed by atoms with E-state index in [0.29, 0.717) is 6.42 Å². The Hall–Kier alpha value is -2.32. The number of piperazine rings is 1. The molecular weight excluding hydrogens is 418 g/mol. The molecule has 182 valence electrons. The van der Waals surface area contributed by atoms with Crippen LogP contribution in [0.25, 0.3) is 5.57 Å². The van der Waals surface area contributed by atoms with Crippen LogP contribution in [0, 0.1) is 5.92 Å². The van der Waals surface area contributed by atoms with E-state index in [1.54, 1.807) is 6.08 Å². The summed E-state index contributed by atoms with van der Waals surface area (Å²) >= 11 is 0. The Kier molecular flexibility index (Phi) is 8.97. The van der Waals surface area contributed by atoms with Crippen LogP contribution >= 0.6 is 0 Å². The normalized spacial score (nSPS) is 21.5. The number of rotatable bonds is 11. The zero-order valence-corrected chi connectivity index (χ0v) is 20.6. The van der Waals surface area contributed by atoms with Crippen molar-refractivity contribution in [1.82, 2.24) is 25.4 Å². The third-order valence-corrected chi connectivity index (χ3v) is 6.72. The molecule has 1 N–H and O–H groups in total. The predicted octanol–water partition coefficient (Wildman–Crippen LogP) is 3.17.